The van der Waals surface area contributed by atoms with Gasteiger partial charge in [-0.3, -0.25) is 14.9 Å². The van der Waals surface area contributed by atoms with Crippen LogP contribution in [0.3, 0.4) is 0 Å². The van der Waals surface area contributed by atoms with Gasteiger partial charge in [0.25, 0.3) is 11.1 Å². The molecule has 8 heteroatoms. The molecule has 0 radical (unpaired) electrons. The number of hydrogen-bond donors (Lipinski definition) is 1. The number of amides is 2. The van der Waals surface area contributed by atoms with Crippen LogP contribution in [0.5, 0.6) is 0 Å². The highest BCUT2D eigenvalue weighted by molar-refractivity contribution is 9.10. The Morgan fingerprint density at radius 3 is 2.57 bits per heavy atom. The van der Waals surface area contributed by atoms with Crippen molar-refractivity contribution >= 4 is 50.6 Å². The van der Waals surface area contributed by atoms with E-state index in [1.165, 1.54) is 0 Å². The summed E-state index contributed by atoms with van der Waals surface area (Å²) < 4.78 is 8.63. The highest BCUT2D eigenvalue weighted by Crippen LogP contribution is 2.32. The lowest BCUT2D eigenvalue weighted by molar-refractivity contribution is -0.115. The fourth-order valence-electron chi connectivity index (χ4n) is 3.59. The van der Waals surface area contributed by atoms with E-state index < -0.39 is 0 Å². The van der Waals surface area contributed by atoms with Crippen LogP contribution < -0.4 is 10.2 Å². The zero-order valence-corrected chi connectivity index (χ0v) is 18.0. The van der Waals surface area contributed by atoms with E-state index in [0.29, 0.717) is 4.91 Å². The van der Waals surface area contributed by atoms with E-state index in [1.54, 1.807) is 6.08 Å². The van der Waals surface area contributed by atoms with Crippen molar-refractivity contribution in [3.05, 3.63) is 50.6 Å². The second kappa shape index (κ2) is 7.77. The number of morpholine rings is 1. The van der Waals surface area contributed by atoms with Gasteiger partial charge in [0.2, 0.25) is 0 Å². The average molecular weight is 462 g/mol. The zero-order valence-electron chi connectivity index (χ0n) is 15.6. The molecule has 2 fully saturated rings. The molecule has 0 unspecified atom stereocenters. The van der Waals surface area contributed by atoms with E-state index in [4.69, 9.17) is 4.74 Å². The van der Waals surface area contributed by atoms with Crippen molar-refractivity contribution in [1.29, 1.82) is 0 Å². The lowest BCUT2D eigenvalue weighted by Crippen LogP contribution is -2.36. The Hall–Kier alpha value is -2.03. The first-order valence-electron chi connectivity index (χ1n) is 9.00. The fraction of sp³-hybridized carbons (Fsp3) is 0.300. The molecule has 0 atom stereocenters. The Labute approximate surface area is 176 Å². The lowest BCUT2D eigenvalue weighted by atomic mass is 10.2. The number of imide groups is 1. The summed E-state index contributed by atoms with van der Waals surface area (Å²) in [6.45, 7) is 7.31. The quantitative estimate of drug-likeness (QED) is 0.699. The average Bonchev–Trinajstić information content (AvgIpc) is 3.13. The van der Waals surface area contributed by atoms with E-state index in [1.807, 2.05) is 19.9 Å². The van der Waals surface area contributed by atoms with E-state index in [-0.39, 0.29) is 11.1 Å². The monoisotopic (exact) mass is 461 g/mol. The number of aryl methyl sites for hydroxylation is 1. The third-order valence-electron chi connectivity index (χ3n) is 4.94. The van der Waals surface area contributed by atoms with Gasteiger partial charge in [0, 0.05) is 34.6 Å². The second-order valence-corrected chi connectivity index (χ2v) is 8.62. The van der Waals surface area contributed by atoms with Crippen LogP contribution in [0.1, 0.15) is 17.0 Å². The number of nitrogens with one attached hydrogen (secondary N) is 1. The predicted octanol–water partition coefficient (Wildman–Crippen LogP) is 4.02. The van der Waals surface area contributed by atoms with Gasteiger partial charge in [0.1, 0.15) is 0 Å². The van der Waals surface area contributed by atoms with Crippen molar-refractivity contribution in [3.8, 4) is 5.69 Å². The molecule has 2 aromatic rings. The second-order valence-electron chi connectivity index (χ2n) is 6.75. The summed E-state index contributed by atoms with van der Waals surface area (Å²) in [5.74, 6) is -0.336. The number of benzene rings is 1. The Balaban J connectivity index is 1.67. The fourth-order valence-corrected chi connectivity index (χ4v) is 4.88. The molecule has 3 heterocycles. The number of aromatic nitrogens is 1. The van der Waals surface area contributed by atoms with Crippen LogP contribution in [0.2, 0.25) is 0 Å². The van der Waals surface area contributed by atoms with Crippen LogP contribution in [-0.4, -0.2) is 42.0 Å². The van der Waals surface area contributed by atoms with Crippen molar-refractivity contribution < 1.29 is 14.3 Å². The molecular weight excluding hydrogens is 442 g/mol. The van der Waals surface area contributed by atoms with Gasteiger partial charge in [-0.15, -0.1) is 0 Å². The van der Waals surface area contributed by atoms with Gasteiger partial charge in [-0.05, 0) is 77.4 Å². The van der Waals surface area contributed by atoms with E-state index >= 15 is 0 Å². The molecular formula is C20H20BrN3O3S. The Kier molecular flexibility index (Phi) is 5.35. The first-order valence-corrected chi connectivity index (χ1v) is 10.6. The largest absolute Gasteiger partial charge is 0.378 e. The number of hydrogen-bond acceptors (Lipinski definition) is 5. The third-order valence-corrected chi connectivity index (χ3v) is 6.39. The van der Waals surface area contributed by atoms with Crippen molar-refractivity contribution in [2.24, 2.45) is 0 Å². The van der Waals surface area contributed by atoms with Gasteiger partial charge in [0.05, 0.1) is 23.8 Å². The number of carbonyl (C=O) groups is 2. The SMILES string of the molecule is Cc1cc(/C=C2\SC(=O)NC2=O)c(C)n1-c1ccc(N2CCOCC2)c(Br)c1. The van der Waals surface area contributed by atoms with Gasteiger partial charge in [0.15, 0.2) is 0 Å². The molecule has 0 saturated carbocycles. The first kappa shape index (κ1) is 19.3. The van der Waals surface area contributed by atoms with Crippen molar-refractivity contribution in [3.63, 3.8) is 0 Å². The van der Waals surface area contributed by atoms with Crippen molar-refractivity contribution in [1.82, 2.24) is 9.88 Å². The van der Waals surface area contributed by atoms with Crippen LogP contribution in [-0.2, 0) is 9.53 Å². The molecule has 28 heavy (non-hydrogen) atoms. The first-order chi connectivity index (χ1) is 13.4. The topological polar surface area (TPSA) is 63.6 Å². The molecule has 1 aromatic heterocycles. The van der Waals surface area contributed by atoms with Crippen LogP contribution in [0.15, 0.2) is 33.6 Å². The molecule has 0 aliphatic carbocycles. The number of thioether (sulfide) groups is 1. The molecule has 0 bridgehead atoms. The summed E-state index contributed by atoms with van der Waals surface area (Å²) >= 11 is 4.66. The van der Waals surface area contributed by atoms with Gasteiger partial charge < -0.3 is 14.2 Å². The molecule has 146 valence electrons. The normalized spacial score (nSPS) is 18.8. The lowest BCUT2D eigenvalue weighted by Gasteiger charge is -2.30. The maximum Gasteiger partial charge on any atom is 0.290 e. The van der Waals surface area contributed by atoms with Gasteiger partial charge in [-0.1, -0.05) is 0 Å². The summed E-state index contributed by atoms with van der Waals surface area (Å²) in [5, 5.41) is 1.97. The molecule has 0 spiro atoms. The molecule has 1 aromatic carbocycles. The predicted molar refractivity (Wildman–Crippen MR) is 115 cm³/mol. The molecule has 2 saturated heterocycles. The summed E-state index contributed by atoms with van der Waals surface area (Å²) in [5.41, 5.74) is 5.21. The van der Waals surface area contributed by atoms with Crippen LogP contribution >= 0.6 is 27.7 Å². The van der Waals surface area contributed by atoms with Gasteiger partial charge in [-0.2, -0.15) is 0 Å². The minimum atomic E-state index is -0.336. The van der Waals surface area contributed by atoms with Crippen LogP contribution in [0.25, 0.3) is 11.8 Å². The summed E-state index contributed by atoms with van der Waals surface area (Å²) in [4.78, 5) is 26.0. The standard InChI is InChI=1S/C20H20BrN3O3S/c1-12-9-14(10-18-19(25)22-20(26)28-18)13(2)24(12)15-3-4-17(16(21)11-15)23-5-7-27-8-6-23/h3-4,9-11H,5-8H2,1-2H3,(H,22,25,26)/b18-10-. The van der Waals surface area contributed by atoms with Crippen molar-refractivity contribution in [2.45, 2.75) is 13.8 Å². The molecule has 6 nitrogen and oxygen atoms in total. The maximum absolute atomic E-state index is 11.8. The van der Waals surface area contributed by atoms with Crippen molar-refractivity contribution in [2.75, 3.05) is 31.2 Å². The van der Waals surface area contributed by atoms with Gasteiger partial charge in [-0.25, -0.2) is 0 Å². The molecule has 2 aliphatic rings. The van der Waals surface area contributed by atoms with E-state index in [0.717, 1.165) is 70.9 Å². The summed E-state index contributed by atoms with van der Waals surface area (Å²) in [7, 11) is 0. The number of ether oxygens (including phenoxy) is 1. The molecule has 2 amide bonds. The smallest absolute Gasteiger partial charge is 0.290 e. The highest BCUT2D eigenvalue weighted by atomic mass is 79.9. The molecule has 2 aliphatic heterocycles. The Bertz CT molecular complexity index is 993. The number of nitrogens with zero attached hydrogens (tertiary/aromatic N) is 2. The summed E-state index contributed by atoms with van der Waals surface area (Å²) in [6, 6.07) is 8.37. The van der Waals surface area contributed by atoms with E-state index in [9.17, 15) is 9.59 Å². The Morgan fingerprint density at radius 1 is 1.18 bits per heavy atom. The number of halogens is 1. The minimum Gasteiger partial charge on any atom is -0.378 e. The summed E-state index contributed by atoms with van der Waals surface area (Å²) in [6.07, 6.45) is 1.78. The van der Waals surface area contributed by atoms with Gasteiger partial charge >= 0.3 is 0 Å². The number of rotatable bonds is 3. The highest BCUT2D eigenvalue weighted by Gasteiger charge is 2.25. The Morgan fingerprint density at radius 2 is 1.93 bits per heavy atom. The van der Waals surface area contributed by atoms with Crippen LogP contribution in [0, 0.1) is 13.8 Å². The maximum atomic E-state index is 11.8. The minimum absolute atomic E-state index is 0.326. The molecule has 4 rings (SSSR count). The molecule has 1 N–H and O–H groups in total. The number of anilines is 1. The van der Waals surface area contributed by atoms with E-state index in [2.05, 4.69) is 48.9 Å². The van der Waals surface area contributed by atoms with Crippen LogP contribution in [0.4, 0.5) is 10.5 Å². The zero-order chi connectivity index (χ0) is 19.8. The number of carbonyl (C=O) groups excluding carboxylic acids is 2. The third kappa shape index (κ3) is 3.64.